The summed E-state index contributed by atoms with van der Waals surface area (Å²) in [6, 6.07) is 5.08. The van der Waals surface area contributed by atoms with Gasteiger partial charge in [0.05, 0.1) is 4.90 Å². The van der Waals surface area contributed by atoms with E-state index >= 15 is 0 Å². The fourth-order valence-corrected chi connectivity index (χ4v) is 2.49. The van der Waals surface area contributed by atoms with E-state index < -0.39 is 10.0 Å². The van der Waals surface area contributed by atoms with Crippen molar-refractivity contribution in [2.24, 2.45) is 5.73 Å². The number of nitrogens with one attached hydrogen (secondary N) is 2. The second kappa shape index (κ2) is 5.30. The molecule has 0 radical (unpaired) electrons. The van der Waals surface area contributed by atoms with Crippen LogP contribution in [0, 0.1) is 0 Å². The van der Waals surface area contributed by atoms with Crippen LogP contribution in [0.1, 0.15) is 11.3 Å². The Morgan fingerprint density at radius 1 is 1.44 bits per heavy atom. The maximum absolute atomic E-state index is 11.9. The van der Waals surface area contributed by atoms with Gasteiger partial charge in [0.1, 0.15) is 0 Å². The number of H-pyrrole nitrogens is 1. The molecule has 0 bridgehead atoms. The molecule has 0 aliphatic rings. The third kappa shape index (κ3) is 2.95. The standard InChI is InChI=1S/C11H14N4O2S/c12-5-10-4-11(8-14-10)18(16,17)15-7-9-2-1-3-13-6-9/h1-4,6,8,14-15H,5,7,12H2. The number of hydrogen-bond acceptors (Lipinski definition) is 4. The van der Waals surface area contributed by atoms with Crippen molar-refractivity contribution >= 4 is 10.0 Å². The summed E-state index contributed by atoms with van der Waals surface area (Å²) in [6.07, 6.45) is 4.68. The molecule has 0 aliphatic carbocycles. The molecule has 0 aliphatic heterocycles. The van der Waals surface area contributed by atoms with Gasteiger partial charge in [0.2, 0.25) is 10.0 Å². The van der Waals surface area contributed by atoms with Gasteiger partial charge in [-0.3, -0.25) is 4.98 Å². The van der Waals surface area contributed by atoms with Crippen molar-refractivity contribution in [3.63, 3.8) is 0 Å². The molecule has 2 heterocycles. The summed E-state index contributed by atoms with van der Waals surface area (Å²) in [5.74, 6) is 0. The van der Waals surface area contributed by atoms with E-state index in [-0.39, 0.29) is 18.0 Å². The SMILES string of the molecule is NCc1cc(S(=O)(=O)NCc2cccnc2)c[nH]1. The van der Waals surface area contributed by atoms with Crippen molar-refractivity contribution in [1.29, 1.82) is 0 Å². The monoisotopic (exact) mass is 266 g/mol. The lowest BCUT2D eigenvalue weighted by atomic mass is 10.3. The summed E-state index contributed by atoms with van der Waals surface area (Å²) in [6.45, 7) is 0.484. The number of aromatic nitrogens is 2. The average molecular weight is 266 g/mol. The minimum absolute atomic E-state index is 0.187. The Morgan fingerprint density at radius 3 is 2.89 bits per heavy atom. The highest BCUT2D eigenvalue weighted by Crippen LogP contribution is 2.10. The largest absolute Gasteiger partial charge is 0.363 e. The molecule has 18 heavy (non-hydrogen) atoms. The van der Waals surface area contributed by atoms with Crippen molar-refractivity contribution < 1.29 is 8.42 Å². The average Bonchev–Trinajstić information content (AvgIpc) is 2.87. The molecule has 96 valence electrons. The number of nitrogens with zero attached hydrogens (tertiary/aromatic N) is 1. The highest BCUT2D eigenvalue weighted by atomic mass is 32.2. The molecule has 7 heteroatoms. The fraction of sp³-hybridized carbons (Fsp3) is 0.182. The van der Waals surface area contributed by atoms with Gasteiger partial charge in [-0.1, -0.05) is 6.07 Å². The fourth-order valence-electron chi connectivity index (χ4n) is 1.46. The zero-order chi connectivity index (χ0) is 13.0. The number of pyridine rings is 1. The first-order valence-electron chi connectivity index (χ1n) is 5.38. The molecule has 2 rings (SSSR count). The molecule has 6 nitrogen and oxygen atoms in total. The minimum Gasteiger partial charge on any atom is -0.363 e. The first-order chi connectivity index (χ1) is 8.62. The Morgan fingerprint density at radius 2 is 2.28 bits per heavy atom. The Balaban J connectivity index is 2.08. The summed E-state index contributed by atoms with van der Waals surface area (Å²) in [5, 5.41) is 0. The van der Waals surface area contributed by atoms with Gasteiger partial charge in [0.15, 0.2) is 0 Å². The molecule has 2 aromatic heterocycles. The van der Waals surface area contributed by atoms with E-state index in [1.165, 1.54) is 12.3 Å². The van der Waals surface area contributed by atoms with Crippen molar-refractivity contribution in [3.05, 3.63) is 48.0 Å². The summed E-state index contributed by atoms with van der Waals surface area (Å²) in [7, 11) is -3.51. The number of sulfonamides is 1. The molecule has 0 saturated carbocycles. The summed E-state index contributed by atoms with van der Waals surface area (Å²) in [4.78, 5) is 6.91. The minimum atomic E-state index is -3.51. The van der Waals surface area contributed by atoms with Crippen LogP contribution >= 0.6 is 0 Å². The Labute approximate surface area is 105 Å². The van der Waals surface area contributed by atoms with E-state index in [0.29, 0.717) is 5.69 Å². The Hall–Kier alpha value is -1.70. The lowest BCUT2D eigenvalue weighted by Crippen LogP contribution is -2.22. The Kier molecular flexibility index (Phi) is 3.75. The zero-order valence-corrected chi connectivity index (χ0v) is 10.4. The molecule has 0 aromatic carbocycles. The maximum atomic E-state index is 11.9. The van der Waals surface area contributed by atoms with E-state index in [2.05, 4.69) is 14.7 Å². The topological polar surface area (TPSA) is 101 Å². The van der Waals surface area contributed by atoms with Gasteiger partial charge in [0, 0.05) is 37.4 Å². The third-order valence-corrected chi connectivity index (χ3v) is 3.82. The van der Waals surface area contributed by atoms with Gasteiger partial charge < -0.3 is 10.7 Å². The van der Waals surface area contributed by atoms with Crippen LogP contribution in [0.25, 0.3) is 0 Å². The van der Waals surface area contributed by atoms with Crippen LogP contribution in [0.15, 0.2) is 41.7 Å². The van der Waals surface area contributed by atoms with E-state index in [0.717, 1.165) is 5.56 Å². The number of rotatable bonds is 5. The normalized spacial score (nSPS) is 11.6. The molecule has 2 aromatic rings. The molecule has 4 N–H and O–H groups in total. The lowest BCUT2D eigenvalue weighted by Gasteiger charge is -2.04. The van der Waals surface area contributed by atoms with Crippen molar-refractivity contribution in [2.75, 3.05) is 0 Å². The smallest absolute Gasteiger partial charge is 0.242 e. The predicted molar refractivity (Wildman–Crippen MR) is 66.9 cm³/mol. The first-order valence-corrected chi connectivity index (χ1v) is 6.86. The molecule has 0 atom stereocenters. The van der Waals surface area contributed by atoms with Crippen LogP contribution < -0.4 is 10.5 Å². The molecular weight excluding hydrogens is 252 g/mol. The van der Waals surface area contributed by atoms with Gasteiger partial charge in [-0.05, 0) is 17.7 Å². The van der Waals surface area contributed by atoms with Crippen LogP contribution in [-0.4, -0.2) is 18.4 Å². The van der Waals surface area contributed by atoms with Gasteiger partial charge in [0.25, 0.3) is 0 Å². The van der Waals surface area contributed by atoms with Gasteiger partial charge in [-0.15, -0.1) is 0 Å². The molecule has 0 amide bonds. The first kappa shape index (κ1) is 12.7. The third-order valence-electron chi connectivity index (χ3n) is 2.44. The molecule has 0 fully saturated rings. The van der Waals surface area contributed by atoms with Crippen LogP contribution in [-0.2, 0) is 23.1 Å². The number of aromatic amines is 1. The lowest BCUT2D eigenvalue weighted by molar-refractivity contribution is 0.581. The van der Waals surface area contributed by atoms with E-state index in [1.54, 1.807) is 24.5 Å². The van der Waals surface area contributed by atoms with Gasteiger partial charge in [-0.2, -0.15) is 0 Å². The second-order valence-corrected chi connectivity index (χ2v) is 5.52. The number of hydrogen-bond donors (Lipinski definition) is 3. The van der Waals surface area contributed by atoms with E-state index in [4.69, 9.17) is 5.73 Å². The van der Waals surface area contributed by atoms with Gasteiger partial charge in [-0.25, -0.2) is 13.1 Å². The number of nitrogens with two attached hydrogens (primary N) is 1. The molecule has 0 unspecified atom stereocenters. The van der Waals surface area contributed by atoms with Crippen molar-refractivity contribution in [3.8, 4) is 0 Å². The highest BCUT2D eigenvalue weighted by Gasteiger charge is 2.15. The van der Waals surface area contributed by atoms with Crippen LogP contribution in [0.4, 0.5) is 0 Å². The van der Waals surface area contributed by atoms with Crippen molar-refractivity contribution in [1.82, 2.24) is 14.7 Å². The molecular formula is C11H14N4O2S. The zero-order valence-electron chi connectivity index (χ0n) is 9.63. The van der Waals surface area contributed by atoms with E-state index in [9.17, 15) is 8.42 Å². The quantitative estimate of drug-likeness (QED) is 0.726. The van der Waals surface area contributed by atoms with Crippen LogP contribution in [0.5, 0.6) is 0 Å². The molecule has 0 saturated heterocycles. The summed E-state index contributed by atoms with van der Waals surface area (Å²) >= 11 is 0. The Bertz CT molecular complexity index is 607. The van der Waals surface area contributed by atoms with Crippen LogP contribution in [0.2, 0.25) is 0 Å². The predicted octanol–water partition coefficient (Wildman–Crippen LogP) is 0.347. The summed E-state index contributed by atoms with van der Waals surface area (Å²) in [5.41, 5.74) is 6.90. The highest BCUT2D eigenvalue weighted by molar-refractivity contribution is 7.89. The maximum Gasteiger partial charge on any atom is 0.242 e. The van der Waals surface area contributed by atoms with Crippen molar-refractivity contribution in [2.45, 2.75) is 18.0 Å². The second-order valence-electron chi connectivity index (χ2n) is 3.75. The van der Waals surface area contributed by atoms with Gasteiger partial charge >= 0.3 is 0 Å². The van der Waals surface area contributed by atoms with E-state index in [1.807, 2.05) is 0 Å². The molecule has 0 spiro atoms. The van der Waals surface area contributed by atoms with Crippen LogP contribution in [0.3, 0.4) is 0 Å². The summed E-state index contributed by atoms with van der Waals surface area (Å²) < 4.78 is 26.4.